The summed E-state index contributed by atoms with van der Waals surface area (Å²) >= 11 is 5.79. The molecule has 0 aliphatic heterocycles. The van der Waals surface area contributed by atoms with Gasteiger partial charge in [0.15, 0.2) is 6.61 Å². The molecule has 0 heterocycles. The molecule has 8 heteroatoms. The van der Waals surface area contributed by atoms with Crippen LogP contribution in [-0.2, 0) is 15.8 Å². The second-order valence-electron chi connectivity index (χ2n) is 5.16. The van der Waals surface area contributed by atoms with Crippen LogP contribution in [0.5, 0.6) is 0 Å². The van der Waals surface area contributed by atoms with Gasteiger partial charge in [0.25, 0.3) is 5.91 Å². The molecular weight excluding hydrogens is 357 g/mol. The Morgan fingerprint density at radius 3 is 2.56 bits per heavy atom. The van der Waals surface area contributed by atoms with Crippen molar-refractivity contribution < 1.29 is 22.8 Å². The van der Waals surface area contributed by atoms with Crippen LogP contribution in [-0.4, -0.2) is 18.7 Å². The number of aryl methyl sites for hydroxylation is 1. The first-order chi connectivity index (χ1) is 11.8. The summed E-state index contributed by atoms with van der Waals surface area (Å²) in [6.45, 7) is 1.48. The van der Waals surface area contributed by atoms with E-state index in [0.29, 0.717) is 0 Å². The van der Waals surface area contributed by atoms with Crippen molar-refractivity contribution in [3.05, 3.63) is 64.2 Å². The quantitative estimate of drug-likeness (QED) is 0.615. The van der Waals surface area contributed by atoms with Crippen LogP contribution in [0.1, 0.15) is 16.7 Å². The summed E-state index contributed by atoms with van der Waals surface area (Å²) in [7, 11) is 0. The standard InChI is InChI=1S/C17H14ClF3N2O2/c1-11-2-4-12(5-3-11)9-22-25-10-16(24)23-15-8-13(17(19,20)21)6-7-14(15)18/h2-9H,10H2,1H3,(H,23,24)/b22-9-. The molecule has 0 atom stereocenters. The highest BCUT2D eigenvalue weighted by Crippen LogP contribution is 2.33. The van der Waals surface area contributed by atoms with Crippen LogP contribution in [0.3, 0.4) is 0 Å². The molecule has 4 nitrogen and oxygen atoms in total. The van der Waals surface area contributed by atoms with Crippen molar-refractivity contribution in [3.63, 3.8) is 0 Å². The molecule has 0 saturated heterocycles. The van der Waals surface area contributed by atoms with Gasteiger partial charge in [-0.05, 0) is 30.7 Å². The summed E-state index contributed by atoms with van der Waals surface area (Å²) in [5.74, 6) is -0.678. The predicted molar refractivity (Wildman–Crippen MR) is 89.8 cm³/mol. The number of halogens is 4. The lowest BCUT2D eigenvalue weighted by molar-refractivity contribution is -0.137. The maximum absolute atomic E-state index is 12.7. The first-order valence-corrected chi connectivity index (χ1v) is 7.52. The van der Waals surface area contributed by atoms with Gasteiger partial charge in [0, 0.05) is 0 Å². The van der Waals surface area contributed by atoms with Gasteiger partial charge in [0.05, 0.1) is 22.5 Å². The Bertz CT molecular complexity index is 774. The van der Waals surface area contributed by atoms with E-state index in [1.807, 2.05) is 31.2 Å². The molecule has 25 heavy (non-hydrogen) atoms. The Morgan fingerprint density at radius 2 is 1.92 bits per heavy atom. The fourth-order valence-corrected chi connectivity index (χ4v) is 2.00. The maximum atomic E-state index is 12.7. The van der Waals surface area contributed by atoms with Crippen LogP contribution in [0.25, 0.3) is 0 Å². The van der Waals surface area contributed by atoms with Crippen LogP contribution in [0.15, 0.2) is 47.6 Å². The predicted octanol–water partition coefficient (Wildman–Crippen LogP) is 4.66. The number of anilines is 1. The van der Waals surface area contributed by atoms with E-state index in [4.69, 9.17) is 16.4 Å². The highest BCUT2D eigenvalue weighted by molar-refractivity contribution is 6.33. The van der Waals surface area contributed by atoms with Gasteiger partial charge in [-0.2, -0.15) is 13.2 Å². The molecule has 0 aliphatic carbocycles. The number of nitrogens with one attached hydrogen (secondary N) is 1. The Balaban J connectivity index is 1.91. The van der Waals surface area contributed by atoms with Crippen LogP contribution in [0, 0.1) is 6.92 Å². The van der Waals surface area contributed by atoms with Crippen LogP contribution in [0.4, 0.5) is 18.9 Å². The average molecular weight is 371 g/mol. The number of alkyl halides is 3. The zero-order valence-corrected chi connectivity index (χ0v) is 13.9. The topological polar surface area (TPSA) is 50.7 Å². The van der Waals surface area contributed by atoms with E-state index in [-0.39, 0.29) is 10.7 Å². The van der Waals surface area contributed by atoms with Gasteiger partial charge in [-0.1, -0.05) is 46.6 Å². The Hall–Kier alpha value is -2.54. The molecule has 2 aromatic carbocycles. The maximum Gasteiger partial charge on any atom is 0.416 e. The summed E-state index contributed by atoms with van der Waals surface area (Å²) in [6.07, 6.45) is -3.11. The SMILES string of the molecule is Cc1ccc(/C=N\OCC(=O)Nc2cc(C(F)(F)F)ccc2Cl)cc1. The van der Waals surface area contributed by atoms with Gasteiger partial charge in [-0.25, -0.2) is 0 Å². The fourth-order valence-electron chi connectivity index (χ4n) is 1.83. The van der Waals surface area contributed by atoms with Crippen molar-refractivity contribution in [2.45, 2.75) is 13.1 Å². The summed E-state index contributed by atoms with van der Waals surface area (Å²) in [4.78, 5) is 16.6. The minimum atomic E-state index is -4.53. The van der Waals surface area contributed by atoms with Crippen molar-refractivity contribution in [1.82, 2.24) is 0 Å². The molecule has 0 radical (unpaired) electrons. The molecule has 1 N–H and O–H groups in total. The van der Waals surface area contributed by atoms with Gasteiger partial charge in [0.2, 0.25) is 0 Å². The smallest absolute Gasteiger partial charge is 0.386 e. The lowest BCUT2D eigenvalue weighted by Crippen LogP contribution is -2.18. The van der Waals surface area contributed by atoms with E-state index in [1.165, 1.54) is 6.21 Å². The second-order valence-corrected chi connectivity index (χ2v) is 5.57. The van der Waals surface area contributed by atoms with Gasteiger partial charge in [0.1, 0.15) is 0 Å². The minimum Gasteiger partial charge on any atom is -0.386 e. The fraction of sp³-hybridized carbons (Fsp3) is 0.176. The van der Waals surface area contributed by atoms with Gasteiger partial charge in [-0.3, -0.25) is 4.79 Å². The van der Waals surface area contributed by atoms with E-state index < -0.39 is 24.3 Å². The Morgan fingerprint density at radius 1 is 1.24 bits per heavy atom. The van der Waals surface area contributed by atoms with Gasteiger partial charge < -0.3 is 10.2 Å². The van der Waals surface area contributed by atoms with Gasteiger partial charge in [-0.15, -0.1) is 0 Å². The second kappa shape index (κ2) is 8.02. The van der Waals surface area contributed by atoms with Crippen molar-refractivity contribution in [3.8, 4) is 0 Å². The normalized spacial score (nSPS) is 11.6. The van der Waals surface area contributed by atoms with Gasteiger partial charge >= 0.3 is 6.18 Å². The summed E-state index contributed by atoms with van der Waals surface area (Å²) < 4.78 is 38.0. The van der Waals surface area contributed by atoms with E-state index in [1.54, 1.807) is 0 Å². The van der Waals surface area contributed by atoms with E-state index in [0.717, 1.165) is 29.3 Å². The number of hydrogen-bond acceptors (Lipinski definition) is 3. The summed E-state index contributed by atoms with van der Waals surface area (Å²) in [5.41, 5.74) is 0.820. The zero-order valence-electron chi connectivity index (χ0n) is 13.1. The molecule has 0 bridgehead atoms. The number of carbonyl (C=O) groups is 1. The number of oxime groups is 1. The first-order valence-electron chi connectivity index (χ1n) is 7.14. The number of rotatable bonds is 5. The third-order valence-electron chi connectivity index (χ3n) is 3.12. The summed E-state index contributed by atoms with van der Waals surface area (Å²) in [5, 5.41) is 5.88. The highest BCUT2D eigenvalue weighted by Gasteiger charge is 2.31. The molecule has 132 valence electrons. The number of benzene rings is 2. The van der Waals surface area contributed by atoms with E-state index >= 15 is 0 Å². The van der Waals surface area contributed by atoms with Crippen LogP contribution < -0.4 is 5.32 Å². The highest BCUT2D eigenvalue weighted by atomic mass is 35.5. The number of hydrogen-bond donors (Lipinski definition) is 1. The van der Waals surface area contributed by atoms with Crippen molar-refractivity contribution in [2.24, 2.45) is 5.16 Å². The lowest BCUT2D eigenvalue weighted by atomic mass is 10.2. The molecule has 0 aromatic heterocycles. The zero-order chi connectivity index (χ0) is 18.4. The molecule has 2 rings (SSSR count). The molecule has 1 amide bonds. The molecular formula is C17H14ClF3N2O2. The minimum absolute atomic E-state index is 0.00972. The molecule has 0 fully saturated rings. The Labute approximate surface area is 147 Å². The number of nitrogens with zero attached hydrogens (tertiary/aromatic N) is 1. The molecule has 0 spiro atoms. The molecule has 2 aromatic rings. The first kappa shape index (κ1) is 18.8. The third kappa shape index (κ3) is 5.79. The third-order valence-corrected chi connectivity index (χ3v) is 3.45. The molecule has 0 saturated carbocycles. The van der Waals surface area contributed by atoms with Crippen molar-refractivity contribution in [2.75, 3.05) is 11.9 Å². The van der Waals surface area contributed by atoms with E-state index in [9.17, 15) is 18.0 Å². The van der Waals surface area contributed by atoms with Crippen LogP contribution in [0.2, 0.25) is 5.02 Å². The lowest BCUT2D eigenvalue weighted by Gasteiger charge is -2.11. The van der Waals surface area contributed by atoms with E-state index in [2.05, 4.69) is 10.5 Å². The van der Waals surface area contributed by atoms with Crippen LogP contribution >= 0.6 is 11.6 Å². The largest absolute Gasteiger partial charge is 0.416 e. The average Bonchev–Trinajstić information content (AvgIpc) is 2.54. The number of amides is 1. The van der Waals surface area contributed by atoms with Crippen molar-refractivity contribution in [1.29, 1.82) is 0 Å². The molecule has 0 aliphatic rings. The Kier molecular flexibility index (Phi) is 6.03. The monoisotopic (exact) mass is 370 g/mol. The molecule has 0 unspecified atom stereocenters. The van der Waals surface area contributed by atoms with Crippen molar-refractivity contribution >= 4 is 29.4 Å². The summed E-state index contributed by atoms with van der Waals surface area (Å²) in [6, 6.07) is 10.1. The number of carbonyl (C=O) groups excluding carboxylic acids is 1.